The number of carbonyl (C=O) groups is 2. The first-order valence-electron chi connectivity index (χ1n) is 10.5. The predicted molar refractivity (Wildman–Crippen MR) is 117 cm³/mol. The van der Waals surface area contributed by atoms with Gasteiger partial charge in [0.15, 0.2) is 11.5 Å². The van der Waals surface area contributed by atoms with Crippen molar-refractivity contribution in [1.82, 2.24) is 4.98 Å². The second kappa shape index (κ2) is 7.37. The van der Waals surface area contributed by atoms with Gasteiger partial charge in [-0.1, -0.05) is 6.07 Å². The Morgan fingerprint density at radius 2 is 1.82 bits per heavy atom. The zero-order chi connectivity index (χ0) is 22.5. The van der Waals surface area contributed by atoms with Gasteiger partial charge in [-0.2, -0.15) is 0 Å². The third-order valence-corrected chi connectivity index (χ3v) is 6.01. The minimum Gasteiger partial charge on any atom is -0.507 e. The molecule has 1 N–H and O–H groups in total. The van der Waals surface area contributed by atoms with Gasteiger partial charge in [0.25, 0.3) is 11.7 Å². The molecular formula is C25H18N2O6. The lowest BCUT2D eigenvalue weighted by Crippen LogP contribution is -2.29. The number of hydrogen-bond donors (Lipinski definition) is 1. The monoisotopic (exact) mass is 442 g/mol. The van der Waals surface area contributed by atoms with Crippen LogP contribution in [-0.2, 0) is 16.0 Å². The van der Waals surface area contributed by atoms with E-state index < -0.39 is 17.7 Å². The maximum Gasteiger partial charge on any atom is 0.300 e. The third kappa shape index (κ3) is 3.02. The van der Waals surface area contributed by atoms with Gasteiger partial charge in [-0.05, 0) is 48.0 Å². The summed E-state index contributed by atoms with van der Waals surface area (Å²) in [7, 11) is 0. The van der Waals surface area contributed by atoms with Crippen molar-refractivity contribution in [3.63, 3.8) is 0 Å². The number of anilines is 1. The predicted octanol–water partition coefficient (Wildman–Crippen LogP) is 3.37. The summed E-state index contributed by atoms with van der Waals surface area (Å²) in [4.78, 5) is 32.2. The Balaban J connectivity index is 1.52. The van der Waals surface area contributed by atoms with Crippen LogP contribution in [0.25, 0.3) is 5.76 Å². The second-order valence-corrected chi connectivity index (χ2v) is 7.88. The zero-order valence-corrected chi connectivity index (χ0v) is 17.4. The summed E-state index contributed by atoms with van der Waals surface area (Å²) in [5, 5.41) is 11.3. The number of ether oxygens (including phenoxy) is 3. The number of rotatable bonds is 3. The highest BCUT2D eigenvalue weighted by Crippen LogP contribution is 2.44. The lowest BCUT2D eigenvalue weighted by atomic mass is 9.97. The van der Waals surface area contributed by atoms with Crippen LogP contribution in [0.3, 0.4) is 0 Å². The van der Waals surface area contributed by atoms with E-state index in [2.05, 4.69) is 4.98 Å². The molecule has 4 heterocycles. The van der Waals surface area contributed by atoms with E-state index in [0.29, 0.717) is 41.5 Å². The summed E-state index contributed by atoms with van der Waals surface area (Å²) < 4.78 is 16.4. The summed E-state index contributed by atoms with van der Waals surface area (Å²) in [5.41, 5.74) is 2.27. The SMILES string of the molecule is O=C1C(=O)N(c2ccc3c(c2)OCO3)C(c2ccccn2)/C1=C(\O)c1ccc2c(c1)CCO2. The molecule has 0 saturated carbocycles. The first-order valence-corrected chi connectivity index (χ1v) is 10.5. The minimum atomic E-state index is -0.906. The number of benzene rings is 2. The van der Waals surface area contributed by atoms with Crippen LogP contribution in [0.15, 0.2) is 66.4 Å². The molecule has 1 atom stereocenters. The molecule has 1 saturated heterocycles. The number of aliphatic hydroxyl groups excluding tert-OH is 1. The highest BCUT2D eigenvalue weighted by Gasteiger charge is 2.48. The van der Waals surface area contributed by atoms with Crippen LogP contribution in [0.1, 0.15) is 22.9 Å². The highest BCUT2D eigenvalue weighted by atomic mass is 16.7. The van der Waals surface area contributed by atoms with Crippen molar-refractivity contribution in [3.05, 3.63) is 83.2 Å². The highest BCUT2D eigenvalue weighted by molar-refractivity contribution is 6.51. The normalized spacial score (nSPS) is 20.1. The number of hydrogen-bond acceptors (Lipinski definition) is 7. The zero-order valence-electron chi connectivity index (χ0n) is 17.4. The molecule has 0 spiro atoms. The molecule has 0 bridgehead atoms. The standard InChI is InChI=1S/C25H18N2O6/c28-23(15-4-6-18-14(11-15)8-10-31-18)21-22(17-3-1-2-9-26-17)27(25(30)24(21)29)16-5-7-19-20(12-16)33-13-32-19/h1-7,9,11-12,22,28H,8,10,13H2/b23-21+. The first-order chi connectivity index (χ1) is 16.1. The van der Waals surface area contributed by atoms with Gasteiger partial charge in [-0.3, -0.25) is 19.5 Å². The number of ketones is 1. The van der Waals surface area contributed by atoms with Crippen molar-refractivity contribution < 1.29 is 28.9 Å². The number of aromatic nitrogens is 1. The van der Waals surface area contributed by atoms with Crippen molar-refractivity contribution in [2.24, 2.45) is 0 Å². The Morgan fingerprint density at radius 1 is 0.970 bits per heavy atom. The first kappa shape index (κ1) is 19.4. The summed E-state index contributed by atoms with van der Waals surface area (Å²) in [6.45, 7) is 0.658. The van der Waals surface area contributed by atoms with E-state index in [9.17, 15) is 14.7 Å². The van der Waals surface area contributed by atoms with Crippen LogP contribution in [0.2, 0.25) is 0 Å². The number of amides is 1. The van der Waals surface area contributed by atoms with Gasteiger partial charge in [0, 0.05) is 29.9 Å². The maximum atomic E-state index is 13.2. The number of carbonyl (C=O) groups excluding carboxylic acids is 2. The topological polar surface area (TPSA) is 98.2 Å². The van der Waals surface area contributed by atoms with E-state index >= 15 is 0 Å². The molecule has 0 radical (unpaired) electrons. The molecule has 1 fully saturated rings. The van der Waals surface area contributed by atoms with Crippen LogP contribution in [0.5, 0.6) is 17.2 Å². The van der Waals surface area contributed by atoms with E-state index in [1.54, 1.807) is 60.8 Å². The average Bonchev–Trinajstić information content (AvgIpc) is 3.56. The van der Waals surface area contributed by atoms with Gasteiger partial charge in [0.05, 0.1) is 17.9 Å². The molecule has 3 aliphatic heterocycles. The average molecular weight is 442 g/mol. The lowest BCUT2D eigenvalue weighted by Gasteiger charge is -2.24. The Hall–Kier alpha value is -4.33. The Morgan fingerprint density at radius 3 is 2.67 bits per heavy atom. The van der Waals surface area contributed by atoms with E-state index in [1.807, 2.05) is 0 Å². The number of Topliss-reactive ketones (excluding diaryl/α,β-unsaturated/α-hetero) is 1. The molecule has 8 heteroatoms. The smallest absolute Gasteiger partial charge is 0.300 e. The number of pyridine rings is 1. The van der Waals surface area contributed by atoms with Crippen LogP contribution in [-0.4, -0.2) is 35.2 Å². The molecule has 1 aromatic heterocycles. The summed E-state index contributed by atoms with van der Waals surface area (Å²) in [5.74, 6) is 0.0154. The lowest BCUT2D eigenvalue weighted by molar-refractivity contribution is -0.132. The fourth-order valence-corrected chi connectivity index (χ4v) is 4.44. The summed E-state index contributed by atoms with van der Waals surface area (Å²) in [6, 6.07) is 14.6. The molecule has 1 unspecified atom stereocenters. The molecule has 8 nitrogen and oxygen atoms in total. The molecular weight excluding hydrogens is 424 g/mol. The molecule has 1 amide bonds. The molecule has 3 aliphatic rings. The van der Waals surface area contributed by atoms with E-state index in [0.717, 1.165) is 11.3 Å². The quantitative estimate of drug-likeness (QED) is 0.377. The Labute approximate surface area is 188 Å². The molecule has 2 aromatic carbocycles. The molecule has 6 rings (SSSR count). The Kier molecular flexibility index (Phi) is 4.33. The van der Waals surface area contributed by atoms with Gasteiger partial charge >= 0.3 is 0 Å². The Bertz CT molecular complexity index is 1330. The van der Waals surface area contributed by atoms with E-state index in [-0.39, 0.29) is 18.1 Å². The van der Waals surface area contributed by atoms with Crippen molar-refractivity contribution in [1.29, 1.82) is 0 Å². The van der Waals surface area contributed by atoms with Crippen LogP contribution in [0.4, 0.5) is 5.69 Å². The van der Waals surface area contributed by atoms with E-state index in [4.69, 9.17) is 14.2 Å². The fraction of sp³-hybridized carbons (Fsp3) is 0.160. The van der Waals surface area contributed by atoms with Crippen LogP contribution >= 0.6 is 0 Å². The van der Waals surface area contributed by atoms with Gasteiger partial charge in [0.1, 0.15) is 17.6 Å². The van der Waals surface area contributed by atoms with Gasteiger partial charge in [-0.25, -0.2) is 0 Å². The summed E-state index contributed by atoms with van der Waals surface area (Å²) >= 11 is 0. The van der Waals surface area contributed by atoms with Crippen molar-refractivity contribution in [2.45, 2.75) is 12.5 Å². The third-order valence-electron chi connectivity index (χ3n) is 6.01. The second-order valence-electron chi connectivity index (χ2n) is 7.88. The fourth-order valence-electron chi connectivity index (χ4n) is 4.44. The minimum absolute atomic E-state index is 0.0183. The molecule has 0 aliphatic carbocycles. The molecule has 3 aromatic rings. The van der Waals surface area contributed by atoms with Gasteiger partial charge in [-0.15, -0.1) is 0 Å². The van der Waals surface area contributed by atoms with Gasteiger partial charge in [0.2, 0.25) is 6.79 Å². The molecule has 164 valence electrons. The maximum absolute atomic E-state index is 13.2. The van der Waals surface area contributed by atoms with Crippen molar-refractivity contribution >= 4 is 23.1 Å². The van der Waals surface area contributed by atoms with Crippen LogP contribution in [0, 0.1) is 0 Å². The van der Waals surface area contributed by atoms with E-state index in [1.165, 1.54) is 4.90 Å². The summed E-state index contributed by atoms with van der Waals surface area (Å²) in [6.07, 6.45) is 2.30. The van der Waals surface area contributed by atoms with Crippen molar-refractivity contribution in [3.8, 4) is 17.2 Å². The number of fused-ring (bicyclic) bond motifs is 2. The number of aliphatic hydroxyl groups is 1. The van der Waals surface area contributed by atoms with Crippen molar-refractivity contribution in [2.75, 3.05) is 18.3 Å². The molecule has 33 heavy (non-hydrogen) atoms. The van der Waals surface area contributed by atoms with Gasteiger partial charge < -0.3 is 19.3 Å². The van der Waals surface area contributed by atoms with Crippen LogP contribution < -0.4 is 19.1 Å². The number of nitrogens with zero attached hydrogens (tertiary/aromatic N) is 2. The largest absolute Gasteiger partial charge is 0.507 e.